The Kier molecular flexibility index (Phi) is 7.35. The number of carbonyl (C=O) groups is 1. The molecule has 0 saturated heterocycles. The molecule has 0 aliphatic carbocycles. The number of oxazole rings is 1. The fraction of sp³-hybridized carbons (Fsp3) is 0.500. The lowest BCUT2D eigenvalue weighted by atomic mass is 10.2. The van der Waals surface area contributed by atoms with E-state index < -0.39 is 5.97 Å². The van der Waals surface area contributed by atoms with Gasteiger partial charge in [-0.3, -0.25) is 4.79 Å². The second-order valence-corrected chi connectivity index (χ2v) is 5.15. The molecule has 1 N–H and O–H groups in total. The second-order valence-electron chi connectivity index (χ2n) is 5.15. The van der Waals surface area contributed by atoms with Crippen LogP contribution in [0.3, 0.4) is 0 Å². The molecule has 0 radical (unpaired) electrons. The van der Waals surface area contributed by atoms with Gasteiger partial charge < -0.3 is 36.0 Å². The van der Waals surface area contributed by atoms with Gasteiger partial charge in [0.05, 0.1) is 27.2 Å². The molecule has 2 rings (SSSR count). The number of halogens is 1. The first-order chi connectivity index (χ1) is 10.6. The highest BCUT2D eigenvalue weighted by Gasteiger charge is 2.21. The van der Waals surface area contributed by atoms with Gasteiger partial charge in [0, 0.05) is 18.9 Å². The molecule has 0 spiro atoms. The number of aromatic nitrogens is 1. The molecule has 0 fully saturated rings. The Morgan fingerprint density at radius 3 is 2.43 bits per heavy atom. The second kappa shape index (κ2) is 8.76. The summed E-state index contributed by atoms with van der Waals surface area (Å²) in [5.74, 6) is 1.37. The van der Waals surface area contributed by atoms with E-state index in [0.717, 1.165) is 36.4 Å². The van der Waals surface area contributed by atoms with Crippen molar-refractivity contribution >= 4 is 17.1 Å². The third-order valence-corrected chi connectivity index (χ3v) is 3.67. The van der Waals surface area contributed by atoms with Crippen LogP contribution in [-0.4, -0.2) is 25.3 Å². The van der Waals surface area contributed by atoms with Crippen molar-refractivity contribution in [2.75, 3.05) is 14.2 Å². The number of carboxylic acid groups (broad SMARTS) is 1. The van der Waals surface area contributed by atoms with Gasteiger partial charge in [0.15, 0.2) is 18.0 Å². The lowest BCUT2D eigenvalue weighted by Gasteiger charge is -2.05. The number of aryl methyl sites for hydroxylation is 2. The molecule has 23 heavy (non-hydrogen) atoms. The Morgan fingerprint density at radius 2 is 1.83 bits per heavy atom. The number of methoxy groups -OCH3 is 2. The molecule has 0 aliphatic rings. The predicted molar refractivity (Wildman–Crippen MR) is 80.4 cm³/mol. The standard InChI is InChI=1S/C16H21NO5.BrH/c1-11-17(8-6-4-5-7-16(18)19)12-9-14(20-2)15(21-3)10-13(12)22-11;/h9-10H,4-8H2,1-3H3;1H. The highest BCUT2D eigenvalue weighted by molar-refractivity contribution is 5.74. The van der Waals surface area contributed by atoms with Gasteiger partial charge in [-0.25, -0.2) is 0 Å². The van der Waals surface area contributed by atoms with Crippen LogP contribution in [0.5, 0.6) is 11.5 Å². The summed E-state index contributed by atoms with van der Waals surface area (Å²) < 4.78 is 18.5. The van der Waals surface area contributed by atoms with Crippen LogP contribution in [0.2, 0.25) is 0 Å². The average molecular weight is 388 g/mol. The lowest BCUT2D eigenvalue weighted by molar-refractivity contribution is -0.683. The molecule has 0 saturated carbocycles. The minimum atomic E-state index is -0.741. The summed E-state index contributed by atoms with van der Waals surface area (Å²) in [5.41, 5.74) is 1.70. The van der Waals surface area contributed by atoms with Gasteiger partial charge in [-0.05, 0) is 12.8 Å². The molecule has 0 atom stereocenters. The summed E-state index contributed by atoms with van der Waals surface area (Å²) in [5, 5.41) is 8.64. The zero-order valence-electron chi connectivity index (χ0n) is 13.6. The van der Waals surface area contributed by atoms with E-state index in [1.54, 1.807) is 14.2 Å². The Balaban J connectivity index is 0.00000264. The van der Waals surface area contributed by atoms with Crippen molar-refractivity contribution in [1.29, 1.82) is 0 Å². The largest absolute Gasteiger partial charge is 1.00 e. The molecule has 2 aromatic rings. The molecule has 1 heterocycles. The maximum Gasteiger partial charge on any atom is 0.344 e. The fourth-order valence-electron chi connectivity index (χ4n) is 2.53. The Bertz CT molecular complexity index is 668. The van der Waals surface area contributed by atoms with Crippen LogP contribution in [0, 0.1) is 6.92 Å². The summed E-state index contributed by atoms with van der Waals surface area (Å²) in [6.07, 6.45) is 2.70. The first-order valence-corrected chi connectivity index (χ1v) is 7.33. The molecule has 0 bridgehead atoms. The molecule has 128 valence electrons. The molecule has 0 aliphatic heterocycles. The Labute approximate surface area is 145 Å². The van der Waals surface area contributed by atoms with Crippen LogP contribution in [0.4, 0.5) is 0 Å². The van der Waals surface area contributed by atoms with Crippen molar-refractivity contribution in [2.24, 2.45) is 0 Å². The van der Waals surface area contributed by atoms with E-state index in [2.05, 4.69) is 4.57 Å². The van der Waals surface area contributed by atoms with Crippen molar-refractivity contribution in [2.45, 2.75) is 39.2 Å². The summed E-state index contributed by atoms with van der Waals surface area (Å²) in [4.78, 5) is 10.5. The van der Waals surface area contributed by atoms with Crippen LogP contribution < -0.4 is 31.0 Å². The maximum absolute atomic E-state index is 10.5. The fourth-order valence-corrected chi connectivity index (χ4v) is 2.53. The number of aliphatic carboxylic acids is 1. The molecule has 6 nitrogen and oxygen atoms in total. The van der Waals surface area contributed by atoms with Crippen molar-refractivity contribution in [3.05, 3.63) is 18.0 Å². The minimum Gasteiger partial charge on any atom is -1.00 e. The third kappa shape index (κ3) is 4.60. The summed E-state index contributed by atoms with van der Waals surface area (Å²) in [6.45, 7) is 2.70. The number of unbranched alkanes of at least 4 members (excludes halogenated alkanes) is 2. The van der Waals surface area contributed by atoms with E-state index in [1.165, 1.54) is 0 Å². The molecule has 7 heteroatoms. The third-order valence-electron chi connectivity index (χ3n) is 3.67. The smallest absolute Gasteiger partial charge is 0.344 e. The molecule has 0 amide bonds. The van der Waals surface area contributed by atoms with Crippen molar-refractivity contribution in [3.8, 4) is 11.5 Å². The van der Waals surface area contributed by atoms with Gasteiger partial charge in [0.2, 0.25) is 5.58 Å². The van der Waals surface area contributed by atoms with Gasteiger partial charge in [0.1, 0.15) is 0 Å². The lowest BCUT2D eigenvalue weighted by Crippen LogP contribution is -3.00. The van der Waals surface area contributed by atoms with Crippen LogP contribution in [0.1, 0.15) is 31.6 Å². The topological polar surface area (TPSA) is 72.8 Å². The van der Waals surface area contributed by atoms with Crippen LogP contribution in [-0.2, 0) is 11.3 Å². The SMILES string of the molecule is COc1cc2oc(C)[n+](CCCCCC(=O)O)c2cc1OC.[Br-]. The number of nitrogens with zero attached hydrogens (tertiary/aromatic N) is 1. The quantitative estimate of drug-likeness (QED) is 0.497. The summed E-state index contributed by atoms with van der Waals surface area (Å²) in [6, 6.07) is 3.73. The number of benzene rings is 1. The number of fused-ring (bicyclic) bond motifs is 1. The van der Waals surface area contributed by atoms with E-state index in [9.17, 15) is 4.79 Å². The normalized spacial score (nSPS) is 10.4. The Hall–Kier alpha value is -1.76. The van der Waals surface area contributed by atoms with Gasteiger partial charge in [-0.15, -0.1) is 0 Å². The highest BCUT2D eigenvalue weighted by atomic mass is 79.9. The van der Waals surface area contributed by atoms with Crippen molar-refractivity contribution in [3.63, 3.8) is 0 Å². The van der Waals surface area contributed by atoms with Crippen molar-refractivity contribution < 1.29 is 45.3 Å². The first kappa shape index (κ1) is 19.3. The number of rotatable bonds is 8. The van der Waals surface area contributed by atoms with E-state index in [0.29, 0.717) is 17.9 Å². The minimum absolute atomic E-state index is 0. The molecular formula is C16H22BrNO5. The Morgan fingerprint density at radius 1 is 1.17 bits per heavy atom. The van der Waals surface area contributed by atoms with Crippen molar-refractivity contribution in [1.82, 2.24) is 0 Å². The predicted octanol–water partition coefficient (Wildman–Crippen LogP) is -0.305. The van der Waals surface area contributed by atoms with Crippen LogP contribution in [0.25, 0.3) is 11.1 Å². The number of carboxylic acids is 1. The zero-order valence-corrected chi connectivity index (χ0v) is 15.2. The van der Waals surface area contributed by atoms with E-state index in [4.69, 9.17) is 19.0 Å². The first-order valence-electron chi connectivity index (χ1n) is 7.33. The van der Waals surface area contributed by atoms with Gasteiger partial charge >= 0.3 is 11.9 Å². The number of ether oxygens (including phenoxy) is 2. The van der Waals surface area contributed by atoms with Gasteiger partial charge in [0.25, 0.3) is 5.52 Å². The van der Waals surface area contributed by atoms with Gasteiger partial charge in [-0.1, -0.05) is 0 Å². The average Bonchev–Trinajstić information content (AvgIpc) is 2.80. The van der Waals surface area contributed by atoms with Crippen LogP contribution >= 0.6 is 0 Å². The monoisotopic (exact) mass is 387 g/mol. The number of hydrogen-bond acceptors (Lipinski definition) is 4. The zero-order chi connectivity index (χ0) is 16.1. The molecule has 1 aromatic heterocycles. The van der Waals surface area contributed by atoms with Crippen LogP contribution in [0.15, 0.2) is 16.5 Å². The number of hydrogen-bond donors (Lipinski definition) is 1. The van der Waals surface area contributed by atoms with Gasteiger partial charge in [-0.2, -0.15) is 4.57 Å². The highest BCUT2D eigenvalue weighted by Crippen LogP contribution is 2.31. The molecular weight excluding hydrogens is 366 g/mol. The summed E-state index contributed by atoms with van der Waals surface area (Å²) >= 11 is 0. The molecule has 0 unspecified atom stereocenters. The van der Waals surface area contributed by atoms with E-state index >= 15 is 0 Å². The maximum atomic E-state index is 10.5. The summed E-state index contributed by atoms with van der Waals surface area (Å²) in [7, 11) is 3.20. The molecule has 1 aromatic carbocycles. The van der Waals surface area contributed by atoms with E-state index in [1.807, 2.05) is 19.1 Å². The van der Waals surface area contributed by atoms with E-state index in [-0.39, 0.29) is 23.4 Å².